The van der Waals surface area contributed by atoms with Crippen molar-refractivity contribution in [2.24, 2.45) is 0 Å². The number of carbonyl (C=O) groups excluding carboxylic acids is 2. The van der Waals surface area contributed by atoms with Crippen LogP contribution in [0.1, 0.15) is 22.9 Å². The monoisotopic (exact) mass is 343 g/mol. The maximum atomic E-state index is 12.6. The molecule has 0 saturated carbocycles. The quantitative estimate of drug-likeness (QED) is 0.615. The molecule has 0 fully saturated rings. The summed E-state index contributed by atoms with van der Waals surface area (Å²) in [6.07, 6.45) is 0.974. The van der Waals surface area contributed by atoms with E-state index in [1.165, 1.54) is 16.2 Å². The van der Waals surface area contributed by atoms with Crippen molar-refractivity contribution in [1.29, 1.82) is 0 Å². The van der Waals surface area contributed by atoms with Gasteiger partial charge in [0.1, 0.15) is 0 Å². The number of esters is 1. The van der Waals surface area contributed by atoms with E-state index in [2.05, 4.69) is 0 Å². The van der Waals surface area contributed by atoms with Gasteiger partial charge in [-0.2, -0.15) is 0 Å². The smallest absolute Gasteiger partial charge is 0.340 e. The van der Waals surface area contributed by atoms with E-state index >= 15 is 0 Å². The first-order valence-corrected chi connectivity index (χ1v) is 8.51. The van der Waals surface area contributed by atoms with Crippen LogP contribution in [-0.2, 0) is 14.3 Å². The minimum atomic E-state index is -0.826. The lowest BCUT2D eigenvalue weighted by atomic mass is 10.1. The molecule has 0 unspecified atom stereocenters. The van der Waals surface area contributed by atoms with E-state index in [4.69, 9.17) is 4.74 Å². The highest BCUT2D eigenvalue weighted by Crippen LogP contribution is 2.25. The zero-order chi connectivity index (χ0) is 17.7. The second-order valence-corrected chi connectivity index (χ2v) is 6.68. The summed E-state index contributed by atoms with van der Waals surface area (Å²) >= 11 is 1.46. The fourth-order valence-corrected chi connectivity index (χ4v) is 2.96. The lowest BCUT2D eigenvalue weighted by Gasteiger charge is -2.18. The molecule has 24 heavy (non-hydrogen) atoms. The standard InChI is InChI=1S/C19H21NO3S/c1-13-7-5-8-15(11-13)12-16(17-9-6-10-24-17)19(22)23-14(2)18(21)20(3)4/h5-12,14H,1-4H3/b16-12+/t14-/m0/s1. The number of aryl methyl sites for hydroxylation is 1. The van der Waals surface area contributed by atoms with E-state index in [-0.39, 0.29) is 5.91 Å². The van der Waals surface area contributed by atoms with Crippen LogP contribution in [0.15, 0.2) is 41.8 Å². The molecule has 1 aromatic heterocycles. The van der Waals surface area contributed by atoms with Crippen molar-refractivity contribution in [2.45, 2.75) is 20.0 Å². The molecule has 5 heteroatoms. The summed E-state index contributed by atoms with van der Waals surface area (Å²) in [6.45, 7) is 3.58. The first kappa shape index (κ1) is 17.9. The number of hydrogen-bond donors (Lipinski definition) is 0. The van der Waals surface area contributed by atoms with Gasteiger partial charge in [-0.15, -0.1) is 11.3 Å². The zero-order valence-corrected chi connectivity index (χ0v) is 15.1. The summed E-state index contributed by atoms with van der Waals surface area (Å²) in [6, 6.07) is 11.6. The molecule has 0 saturated heterocycles. The Morgan fingerprint density at radius 1 is 1.21 bits per heavy atom. The third kappa shape index (κ3) is 4.55. The average molecular weight is 343 g/mol. The number of amides is 1. The van der Waals surface area contributed by atoms with Crippen LogP contribution >= 0.6 is 11.3 Å². The Kier molecular flexibility index (Phi) is 5.93. The summed E-state index contributed by atoms with van der Waals surface area (Å²) < 4.78 is 5.37. The summed E-state index contributed by atoms with van der Waals surface area (Å²) in [5, 5.41) is 1.90. The number of hydrogen-bond acceptors (Lipinski definition) is 4. The number of thiophene rings is 1. The second-order valence-electron chi connectivity index (χ2n) is 5.73. The van der Waals surface area contributed by atoms with Crippen LogP contribution in [-0.4, -0.2) is 37.0 Å². The van der Waals surface area contributed by atoms with E-state index in [9.17, 15) is 9.59 Å². The molecule has 4 nitrogen and oxygen atoms in total. The van der Waals surface area contributed by atoms with Gasteiger partial charge in [0.2, 0.25) is 0 Å². The molecule has 0 N–H and O–H groups in total. The van der Waals surface area contributed by atoms with Crippen LogP contribution < -0.4 is 0 Å². The SMILES string of the molecule is Cc1cccc(/C=C(/C(=O)O[C@@H](C)C(=O)N(C)C)c2cccs2)c1. The van der Waals surface area contributed by atoms with Crippen LogP contribution in [0.5, 0.6) is 0 Å². The van der Waals surface area contributed by atoms with Crippen LogP contribution in [0, 0.1) is 6.92 Å². The van der Waals surface area contributed by atoms with Crippen molar-refractivity contribution in [3.05, 3.63) is 57.8 Å². The fourth-order valence-electron chi connectivity index (χ4n) is 2.23. The topological polar surface area (TPSA) is 46.6 Å². The van der Waals surface area contributed by atoms with Gasteiger partial charge in [0, 0.05) is 19.0 Å². The number of nitrogens with zero attached hydrogens (tertiary/aromatic N) is 1. The lowest BCUT2D eigenvalue weighted by molar-refractivity contribution is -0.153. The van der Waals surface area contributed by atoms with Crippen molar-refractivity contribution in [2.75, 3.05) is 14.1 Å². The van der Waals surface area contributed by atoms with Gasteiger partial charge in [-0.1, -0.05) is 35.9 Å². The maximum Gasteiger partial charge on any atom is 0.340 e. The van der Waals surface area contributed by atoms with Crippen molar-refractivity contribution in [3.8, 4) is 0 Å². The highest BCUT2D eigenvalue weighted by molar-refractivity contribution is 7.11. The maximum absolute atomic E-state index is 12.6. The summed E-state index contributed by atoms with van der Waals surface area (Å²) in [5.74, 6) is -0.744. The Bertz CT molecular complexity index is 748. The predicted molar refractivity (Wildman–Crippen MR) is 97.6 cm³/mol. The Balaban J connectivity index is 2.30. The Hall–Kier alpha value is -2.40. The van der Waals surface area contributed by atoms with Crippen molar-refractivity contribution in [1.82, 2.24) is 4.90 Å². The largest absolute Gasteiger partial charge is 0.449 e. The molecule has 0 aliphatic carbocycles. The molecule has 1 heterocycles. The molecular formula is C19H21NO3S. The molecular weight excluding hydrogens is 322 g/mol. The van der Waals surface area contributed by atoms with Crippen molar-refractivity contribution < 1.29 is 14.3 Å². The minimum absolute atomic E-state index is 0.246. The van der Waals surface area contributed by atoms with E-state index in [1.807, 2.05) is 48.7 Å². The van der Waals surface area contributed by atoms with Gasteiger partial charge >= 0.3 is 5.97 Å². The summed E-state index contributed by atoms with van der Waals surface area (Å²) in [7, 11) is 3.27. The number of likely N-dealkylation sites (N-methyl/N-ethyl adjacent to an activating group) is 1. The van der Waals surface area contributed by atoms with Crippen molar-refractivity contribution >= 4 is 34.9 Å². The Morgan fingerprint density at radius 3 is 2.54 bits per heavy atom. The lowest BCUT2D eigenvalue weighted by Crippen LogP contribution is -2.35. The number of benzene rings is 1. The summed E-state index contributed by atoms with van der Waals surface area (Å²) in [4.78, 5) is 26.8. The van der Waals surface area contributed by atoms with Gasteiger partial charge < -0.3 is 9.64 Å². The van der Waals surface area contributed by atoms with Gasteiger partial charge in [-0.3, -0.25) is 4.79 Å². The third-order valence-electron chi connectivity index (χ3n) is 3.43. The van der Waals surface area contributed by atoms with Crippen molar-refractivity contribution in [3.63, 3.8) is 0 Å². The van der Waals surface area contributed by atoms with Gasteiger partial charge in [0.15, 0.2) is 6.10 Å². The first-order chi connectivity index (χ1) is 11.4. The molecule has 1 amide bonds. The highest BCUT2D eigenvalue weighted by Gasteiger charge is 2.23. The van der Waals surface area contributed by atoms with Crippen LogP contribution in [0.25, 0.3) is 11.6 Å². The van der Waals surface area contributed by atoms with E-state index in [0.717, 1.165) is 16.0 Å². The van der Waals surface area contributed by atoms with E-state index < -0.39 is 12.1 Å². The Labute approximate surface area is 146 Å². The van der Waals surface area contributed by atoms with Crippen LogP contribution in [0.2, 0.25) is 0 Å². The molecule has 0 bridgehead atoms. The first-order valence-electron chi connectivity index (χ1n) is 7.63. The van der Waals surface area contributed by atoms with E-state index in [0.29, 0.717) is 5.57 Å². The molecule has 0 aliphatic heterocycles. The highest BCUT2D eigenvalue weighted by atomic mass is 32.1. The molecule has 1 aromatic carbocycles. The van der Waals surface area contributed by atoms with Gasteiger partial charge in [-0.05, 0) is 36.9 Å². The molecule has 2 rings (SSSR count). The van der Waals surface area contributed by atoms with Gasteiger partial charge in [0.05, 0.1) is 5.57 Å². The predicted octanol–water partition coefficient (Wildman–Crippen LogP) is 3.62. The molecule has 2 aromatic rings. The third-order valence-corrected chi connectivity index (χ3v) is 4.34. The van der Waals surface area contributed by atoms with Gasteiger partial charge in [0.25, 0.3) is 5.91 Å². The van der Waals surface area contributed by atoms with E-state index in [1.54, 1.807) is 27.1 Å². The second kappa shape index (κ2) is 7.93. The molecule has 126 valence electrons. The van der Waals surface area contributed by atoms with Gasteiger partial charge in [-0.25, -0.2) is 4.79 Å². The number of rotatable bonds is 5. The molecule has 0 radical (unpaired) electrons. The number of carbonyl (C=O) groups is 2. The number of ether oxygens (including phenoxy) is 1. The Morgan fingerprint density at radius 2 is 1.96 bits per heavy atom. The van der Waals surface area contributed by atoms with Crippen LogP contribution in [0.3, 0.4) is 0 Å². The molecule has 0 spiro atoms. The summed E-state index contributed by atoms with van der Waals surface area (Å²) in [5.41, 5.74) is 2.48. The molecule has 0 aliphatic rings. The normalized spacial score (nSPS) is 12.6. The average Bonchev–Trinajstić information content (AvgIpc) is 3.05. The van der Waals surface area contributed by atoms with Crippen LogP contribution in [0.4, 0.5) is 0 Å². The molecule has 1 atom stereocenters. The zero-order valence-electron chi connectivity index (χ0n) is 14.3. The minimum Gasteiger partial charge on any atom is -0.449 e. The fraction of sp³-hybridized carbons (Fsp3) is 0.263.